The number of allylic oxidation sites excluding steroid dienone is 1. The molecule has 3 atom stereocenters. The molecule has 2 aliphatic carbocycles. The number of hydrogen-bond acceptors (Lipinski definition) is 1. The Bertz CT molecular complexity index is 290. The van der Waals surface area contributed by atoms with Crippen LogP contribution >= 0.6 is 0 Å². The third-order valence-electron chi connectivity index (χ3n) is 4.44. The Kier molecular flexibility index (Phi) is 1.93. The summed E-state index contributed by atoms with van der Waals surface area (Å²) in [5.74, 6) is 0.854. The van der Waals surface area contributed by atoms with Crippen LogP contribution in [0, 0.1) is 22.7 Å². The van der Waals surface area contributed by atoms with Gasteiger partial charge in [-0.25, -0.2) is 0 Å². The van der Waals surface area contributed by atoms with E-state index in [1.54, 1.807) is 0 Å². The lowest BCUT2D eigenvalue weighted by atomic mass is 9.73. The first-order valence-corrected chi connectivity index (χ1v) is 5.57. The first kappa shape index (κ1) is 9.95. The molecule has 0 aromatic heterocycles. The van der Waals surface area contributed by atoms with E-state index in [4.69, 9.17) is 0 Å². The molecule has 78 valence electrons. The van der Waals surface area contributed by atoms with Crippen LogP contribution in [0.1, 0.15) is 40.0 Å². The monoisotopic (exact) mass is 192 g/mol. The third-order valence-corrected chi connectivity index (χ3v) is 4.44. The van der Waals surface area contributed by atoms with Gasteiger partial charge in [-0.2, -0.15) is 0 Å². The SMILES string of the molecule is C=CC1CC2(C)CCC(C)(C)C2C1=O. The van der Waals surface area contributed by atoms with Gasteiger partial charge in [0, 0.05) is 11.8 Å². The highest BCUT2D eigenvalue weighted by molar-refractivity contribution is 5.89. The van der Waals surface area contributed by atoms with Gasteiger partial charge in [0.25, 0.3) is 0 Å². The maximum atomic E-state index is 12.2. The number of ketones is 1. The predicted molar refractivity (Wildman–Crippen MR) is 57.9 cm³/mol. The van der Waals surface area contributed by atoms with Crippen molar-refractivity contribution in [1.29, 1.82) is 0 Å². The largest absolute Gasteiger partial charge is 0.299 e. The molecule has 0 saturated heterocycles. The van der Waals surface area contributed by atoms with Gasteiger partial charge >= 0.3 is 0 Å². The molecule has 0 radical (unpaired) electrons. The number of carbonyl (C=O) groups is 1. The Balaban J connectivity index is 2.38. The summed E-state index contributed by atoms with van der Waals surface area (Å²) in [6, 6.07) is 0. The number of rotatable bonds is 1. The van der Waals surface area contributed by atoms with Crippen molar-refractivity contribution in [3.05, 3.63) is 12.7 Å². The van der Waals surface area contributed by atoms with Gasteiger partial charge in [-0.15, -0.1) is 6.58 Å². The Morgan fingerprint density at radius 3 is 2.50 bits per heavy atom. The van der Waals surface area contributed by atoms with Crippen LogP contribution in [0.25, 0.3) is 0 Å². The second kappa shape index (κ2) is 2.71. The first-order chi connectivity index (χ1) is 6.41. The Morgan fingerprint density at radius 2 is 2.00 bits per heavy atom. The summed E-state index contributed by atoms with van der Waals surface area (Å²) < 4.78 is 0. The highest BCUT2D eigenvalue weighted by Crippen LogP contribution is 2.61. The molecule has 0 spiro atoms. The lowest BCUT2D eigenvalue weighted by Crippen LogP contribution is -2.30. The van der Waals surface area contributed by atoms with Crippen LogP contribution in [-0.4, -0.2) is 5.78 Å². The Hall–Kier alpha value is -0.590. The minimum absolute atomic E-state index is 0.129. The fourth-order valence-electron chi connectivity index (χ4n) is 3.80. The van der Waals surface area contributed by atoms with E-state index in [2.05, 4.69) is 27.4 Å². The number of fused-ring (bicyclic) bond motifs is 1. The van der Waals surface area contributed by atoms with Crippen molar-refractivity contribution in [3.63, 3.8) is 0 Å². The fourth-order valence-corrected chi connectivity index (χ4v) is 3.80. The van der Waals surface area contributed by atoms with E-state index in [0.717, 1.165) is 6.42 Å². The van der Waals surface area contributed by atoms with Gasteiger partial charge < -0.3 is 0 Å². The molecule has 2 fully saturated rings. The van der Waals surface area contributed by atoms with Crippen molar-refractivity contribution >= 4 is 5.78 Å². The lowest BCUT2D eigenvalue weighted by Gasteiger charge is -2.29. The topological polar surface area (TPSA) is 17.1 Å². The highest BCUT2D eigenvalue weighted by atomic mass is 16.1. The summed E-state index contributed by atoms with van der Waals surface area (Å²) in [5, 5.41) is 0. The minimum Gasteiger partial charge on any atom is -0.299 e. The lowest BCUT2D eigenvalue weighted by molar-refractivity contribution is -0.126. The van der Waals surface area contributed by atoms with Gasteiger partial charge in [0.1, 0.15) is 5.78 Å². The first-order valence-electron chi connectivity index (χ1n) is 5.57. The van der Waals surface area contributed by atoms with Crippen LogP contribution in [0.5, 0.6) is 0 Å². The van der Waals surface area contributed by atoms with Crippen LogP contribution in [0.2, 0.25) is 0 Å². The van der Waals surface area contributed by atoms with Crippen LogP contribution in [-0.2, 0) is 4.79 Å². The average molecular weight is 192 g/mol. The minimum atomic E-state index is 0.129. The van der Waals surface area contributed by atoms with Crippen LogP contribution < -0.4 is 0 Å². The van der Waals surface area contributed by atoms with Gasteiger partial charge in [-0.1, -0.05) is 26.8 Å². The van der Waals surface area contributed by atoms with Gasteiger partial charge in [0.05, 0.1) is 0 Å². The van der Waals surface area contributed by atoms with Crippen LogP contribution in [0.15, 0.2) is 12.7 Å². The van der Waals surface area contributed by atoms with Gasteiger partial charge in [0.15, 0.2) is 0 Å². The third kappa shape index (κ3) is 1.11. The van der Waals surface area contributed by atoms with Gasteiger partial charge in [-0.3, -0.25) is 4.79 Å². The van der Waals surface area contributed by atoms with Crippen LogP contribution in [0.4, 0.5) is 0 Å². The zero-order valence-corrected chi connectivity index (χ0v) is 9.47. The molecule has 14 heavy (non-hydrogen) atoms. The summed E-state index contributed by atoms with van der Waals surface area (Å²) >= 11 is 0. The summed E-state index contributed by atoms with van der Waals surface area (Å²) in [7, 11) is 0. The van der Waals surface area contributed by atoms with Crippen molar-refractivity contribution in [1.82, 2.24) is 0 Å². The molecule has 1 nitrogen and oxygen atoms in total. The standard InChI is InChI=1S/C13H20O/c1-5-9-8-13(4)7-6-12(2,3)11(13)10(9)14/h5,9,11H,1,6-8H2,2-4H3. The van der Waals surface area contributed by atoms with Crippen molar-refractivity contribution in [2.45, 2.75) is 40.0 Å². The van der Waals surface area contributed by atoms with E-state index in [1.165, 1.54) is 12.8 Å². The van der Waals surface area contributed by atoms with E-state index < -0.39 is 0 Å². The molecule has 2 saturated carbocycles. The molecule has 0 heterocycles. The van der Waals surface area contributed by atoms with Crippen molar-refractivity contribution < 1.29 is 4.79 Å². The maximum Gasteiger partial charge on any atom is 0.143 e. The molecule has 0 aromatic carbocycles. The molecule has 0 bridgehead atoms. The molecule has 2 aliphatic rings. The summed E-state index contributed by atoms with van der Waals surface area (Å²) in [4.78, 5) is 12.2. The maximum absolute atomic E-state index is 12.2. The van der Waals surface area contributed by atoms with E-state index in [-0.39, 0.29) is 22.7 Å². The smallest absolute Gasteiger partial charge is 0.143 e. The quantitative estimate of drug-likeness (QED) is 0.583. The number of hydrogen-bond donors (Lipinski definition) is 0. The molecular formula is C13H20O. The number of carbonyl (C=O) groups excluding carboxylic acids is 1. The summed E-state index contributed by atoms with van der Waals surface area (Å²) in [5.41, 5.74) is 0.475. The Labute approximate surface area is 86.6 Å². The predicted octanol–water partition coefficient (Wildman–Crippen LogP) is 3.20. The molecule has 0 aliphatic heterocycles. The van der Waals surface area contributed by atoms with Crippen LogP contribution in [0.3, 0.4) is 0 Å². The molecule has 0 aromatic rings. The second-order valence-electron chi connectivity index (χ2n) is 6.02. The summed E-state index contributed by atoms with van der Waals surface area (Å²) in [6.07, 6.45) is 5.29. The van der Waals surface area contributed by atoms with Crippen molar-refractivity contribution in [2.75, 3.05) is 0 Å². The zero-order chi connectivity index (χ0) is 10.6. The molecule has 0 N–H and O–H groups in total. The average Bonchev–Trinajstić information content (AvgIpc) is 2.48. The van der Waals surface area contributed by atoms with Crippen molar-refractivity contribution in [3.8, 4) is 0 Å². The Morgan fingerprint density at radius 1 is 1.36 bits per heavy atom. The molecule has 2 rings (SSSR count). The van der Waals surface area contributed by atoms with Gasteiger partial charge in [0.2, 0.25) is 0 Å². The molecule has 3 unspecified atom stereocenters. The van der Waals surface area contributed by atoms with E-state index in [0.29, 0.717) is 5.78 Å². The zero-order valence-electron chi connectivity index (χ0n) is 9.47. The highest BCUT2D eigenvalue weighted by Gasteiger charge is 2.59. The van der Waals surface area contributed by atoms with Crippen molar-refractivity contribution in [2.24, 2.45) is 22.7 Å². The van der Waals surface area contributed by atoms with E-state index >= 15 is 0 Å². The van der Waals surface area contributed by atoms with Gasteiger partial charge in [-0.05, 0) is 30.1 Å². The van der Waals surface area contributed by atoms with E-state index in [1.807, 2.05) is 6.08 Å². The molecule has 1 heteroatoms. The summed E-state index contributed by atoms with van der Waals surface area (Å²) in [6.45, 7) is 10.5. The van der Waals surface area contributed by atoms with E-state index in [9.17, 15) is 4.79 Å². The second-order valence-corrected chi connectivity index (χ2v) is 6.02. The number of Topliss-reactive ketones (excluding diaryl/α,β-unsaturated/α-hetero) is 1. The normalized spacial score (nSPS) is 45.2. The molecule has 0 amide bonds. The fraction of sp³-hybridized carbons (Fsp3) is 0.769. The molecular weight excluding hydrogens is 172 g/mol.